The monoisotopic (exact) mass is 503 g/mol. The number of hydrogen-bond acceptors (Lipinski definition) is 5. The molecule has 8 heteroatoms. The number of hydrogen-bond donors (Lipinski definition) is 2. The lowest BCUT2D eigenvalue weighted by Gasteiger charge is -2.20. The van der Waals surface area contributed by atoms with Gasteiger partial charge in [-0.05, 0) is 47.6 Å². The van der Waals surface area contributed by atoms with Crippen LogP contribution >= 0.6 is 24.8 Å². The Hall–Kier alpha value is -2.67. The standard InChI is InChI=1S/C26H29N3O3.2ClH/c27-15-24(25(30)29-23-11-10-22-16-28-13-12-21(22)14-23)19-8-6-18(7-9-19)17-32-26(31)20-4-2-1-3-5-20;;/h6-14,16,20,24H,1-5,15,17,27H2,(H,29,30);2*1H. The average molecular weight is 504 g/mol. The van der Waals surface area contributed by atoms with Crippen LogP contribution in [-0.2, 0) is 20.9 Å². The molecule has 182 valence electrons. The molecule has 1 aliphatic carbocycles. The SMILES string of the molecule is Cl.Cl.NCC(C(=O)Nc1ccc2cnccc2c1)c1ccc(COC(=O)C2CCCCC2)cc1. The van der Waals surface area contributed by atoms with Gasteiger partial charge in [-0.3, -0.25) is 14.6 Å². The molecule has 6 nitrogen and oxygen atoms in total. The van der Waals surface area contributed by atoms with Crippen LogP contribution in [-0.4, -0.2) is 23.4 Å². The Balaban J connectivity index is 0.00000204. The number of nitrogens with one attached hydrogen (secondary N) is 1. The summed E-state index contributed by atoms with van der Waals surface area (Å²) in [5, 5.41) is 4.99. The van der Waals surface area contributed by atoms with Gasteiger partial charge < -0.3 is 15.8 Å². The van der Waals surface area contributed by atoms with Gasteiger partial charge in [-0.1, -0.05) is 49.6 Å². The van der Waals surface area contributed by atoms with Crippen LogP contribution in [0.3, 0.4) is 0 Å². The van der Waals surface area contributed by atoms with Gasteiger partial charge in [-0.2, -0.15) is 0 Å². The van der Waals surface area contributed by atoms with E-state index in [2.05, 4.69) is 10.3 Å². The summed E-state index contributed by atoms with van der Waals surface area (Å²) in [5.41, 5.74) is 8.38. The average Bonchev–Trinajstić information content (AvgIpc) is 2.84. The lowest BCUT2D eigenvalue weighted by atomic mass is 9.89. The molecule has 3 aromatic rings. The molecular weight excluding hydrogens is 473 g/mol. The molecule has 1 aliphatic rings. The fourth-order valence-corrected chi connectivity index (χ4v) is 4.24. The normalized spacial score (nSPS) is 14.4. The van der Waals surface area contributed by atoms with Crippen LogP contribution in [0, 0.1) is 5.92 Å². The maximum Gasteiger partial charge on any atom is 0.309 e. The summed E-state index contributed by atoms with van der Waals surface area (Å²) in [5.74, 6) is -0.682. The molecule has 1 aromatic heterocycles. The third-order valence-electron chi connectivity index (χ3n) is 6.16. The van der Waals surface area contributed by atoms with Gasteiger partial charge in [0.05, 0.1) is 11.8 Å². The number of rotatable bonds is 7. The number of pyridine rings is 1. The number of esters is 1. The summed E-state index contributed by atoms with van der Waals surface area (Å²) < 4.78 is 5.51. The number of fused-ring (bicyclic) bond motifs is 1. The van der Waals surface area contributed by atoms with E-state index in [0.717, 1.165) is 53.3 Å². The van der Waals surface area contributed by atoms with Crippen LogP contribution in [0.4, 0.5) is 5.69 Å². The molecule has 1 fully saturated rings. The van der Waals surface area contributed by atoms with E-state index in [9.17, 15) is 9.59 Å². The minimum absolute atomic E-state index is 0. The molecule has 1 saturated carbocycles. The summed E-state index contributed by atoms with van der Waals surface area (Å²) in [6.45, 7) is 0.445. The van der Waals surface area contributed by atoms with Crippen LogP contribution in [0.1, 0.15) is 49.1 Å². The minimum Gasteiger partial charge on any atom is -0.461 e. The van der Waals surface area contributed by atoms with Gasteiger partial charge in [-0.25, -0.2) is 0 Å². The van der Waals surface area contributed by atoms with Crippen LogP contribution in [0.2, 0.25) is 0 Å². The number of nitrogens with two attached hydrogens (primary N) is 1. The molecule has 0 radical (unpaired) electrons. The van der Waals surface area contributed by atoms with Crippen molar-refractivity contribution in [2.75, 3.05) is 11.9 Å². The number of nitrogens with zero attached hydrogens (tertiary/aromatic N) is 1. The maximum atomic E-state index is 12.9. The highest BCUT2D eigenvalue weighted by Gasteiger charge is 2.23. The van der Waals surface area contributed by atoms with E-state index in [-0.39, 0.29) is 55.8 Å². The van der Waals surface area contributed by atoms with E-state index in [1.807, 2.05) is 48.5 Å². The number of ether oxygens (including phenoxy) is 1. The van der Waals surface area contributed by atoms with Crippen LogP contribution < -0.4 is 11.1 Å². The third-order valence-corrected chi connectivity index (χ3v) is 6.16. The summed E-state index contributed by atoms with van der Waals surface area (Å²) in [4.78, 5) is 29.2. The van der Waals surface area contributed by atoms with Crippen molar-refractivity contribution < 1.29 is 14.3 Å². The Morgan fingerprint density at radius 3 is 2.44 bits per heavy atom. The number of carbonyl (C=O) groups excluding carboxylic acids is 2. The zero-order chi connectivity index (χ0) is 22.3. The van der Waals surface area contributed by atoms with Gasteiger partial charge in [-0.15, -0.1) is 24.8 Å². The van der Waals surface area contributed by atoms with Gasteiger partial charge in [0.2, 0.25) is 5.91 Å². The second-order valence-corrected chi connectivity index (χ2v) is 8.40. The zero-order valence-electron chi connectivity index (χ0n) is 18.9. The fourth-order valence-electron chi connectivity index (χ4n) is 4.24. The predicted molar refractivity (Wildman–Crippen MR) is 139 cm³/mol. The Labute approximate surface area is 212 Å². The summed E-state index contributed by atoms with van der Waals surface area (Å²) in [7, 11) is 0. The largest absolute Gasteiger partial charge is 0.461 e. The van der Waals surface area contributed by atoms with Crippen molar-refractivity contribution >= 4 is 53.2 Å². The smallest absolute Gasteiger partial charge is 0.309 e. The van der Waals surface area contributed by atoms with E-state index in [0.29, 0.717) is 0 Å². The topological polar surface area (TPSA) is 94.3 Å². The molecule has 0 spiro atoms. The van der Waals surface area contributed by atoms with E-state index in [4.69, 9.17) is 10.5 Å². The Kier molecular flexibility index (Phi) is 10.8. The number of carbonyl (C=O) groups is 2. The molecule has 1 unspecified atom stereocenters. The first kappa shape index (κ1) is 27.6. The Morgan fingerprint density at radius 2 is 1.74 bits per heavy atom. The van der Waals surface area contributed by atoms with Crippen molar-refractivity contribution in [3.63, 3.8) is 0 Å². The van der Waals surface area contributed by atoms with Crippen molar-refractivity contribution in [1.29, 1.82) is 0 Å². The van der Waals surface area contributed by atoms with Gasteiger partial charge in [0.25, 0.3) is 0 Å². The second kappa shape index (κ2) is 13.3. The first-order chi connectivity index (χ1) is 15.6. The van der Waals surface area contributed by atoms with Crippen LogP contribution in [0.25, 0.3) is 10.8 Å². The van der Waals surface area contributed by atoms with E-state index >= 15 is 0 Å². The van der Waals surface area contributed by atoms with Crippen molar-refractivity contribution in [2.24, 2.45) is 11.7 Å². The molecule has 1 heterocycles. The first-order valence-electron chi connectivity index (χ1n) is 11.2. The molecule has 0 saturated heterocycles. The molecular formula is C26H31Cl2N3O3. The highest BCUT2D eigenvalue weighted by molar-refractivity contribution is 5.98. The Bertz CT molecular complexity index is 1090. The molecule has 1 atom stereocenters. The van der Waals surface area contributed by atoms with Gasteiger partial charge >= 0.3 is 5.97 Å². The number of halogens is 2. The van der Waals surface area contributed by atoms with Crippen LogP contribution in [0.5, 0.6) is 0 Å². The lowest BCUT2D eigenvalue weighted by Crippen LogP contribution is -2.27. The Morgan fingerprint density at radius 1 is 1.00 bits per heavy atom. The molecule has 2 aromatic carbocycles. The van der Waals surface area contributed by atoms with Gasteiger partial charge in [0, 0.05) is 30.0 Å². The maximum absolute atomic E-state index is 12.9. The van der Waals surface area contributed by atoms with E-state index in [1.165, 1.54) is 6.42 Å². The van der Waals surface area contributed by atoms with Crippen molar-refractivity contribution in [1.82, 2.24) is 4.98 Å². The van der Waals surface area contributed by atoms with Crippen molar-refractivity contribution in [3.8, 4) is 0 Å². The third kappa shape index (κ3) is 6.92. The van der Waals surface area contributed by atoms with Gasteiger partial charge in [0.15, 0.2) is 0 Å². The molecule has 0 aliphatic heterocycles. The molecule has 0 bridgehead atoms. The minimum atomic E-state index is -0.470. The molecule has 4 rings (SSSR count). The summed E-state index contributed by atoms with van der Waals surface area (Å²) in [6, 6.07) is 15.2. The highest BCUT2D eigenvalue weighted by Crippen LogP contribution is 2.25. The zero-order valence-corrected chi connectivity index (χ0v) is 20.6. The predicted octanol–water partition coefficient (Wildman–Crippen LogP) is 5.38. The highest BCUT2D eigenvalue weighted by atomic mass is 35.5. The van der Waals surface area contributed by atoms with Crippen molar-refractivity contribution in [3.05, 3.63) is 72.1 Å². The molecule has 34 heavy (non-hydrogen) atoms. The quantitative estimate of drug-likeness (QED) is 0.421. The summed E-state index contributed by atoms with van der Waals surface area (Å²) >= 11 is 0. The number of anilines is 1. The molecule has 3 N–H and O–H groups in total. The van der Waals surface area contributed by atoms with Crippen molar-refractivity contribution in [2.45, 2.75) is 44.6 Å². The number of aromatic nitrogens is 1. The fraction of sp³-hybridized carbons (Fsp3) is 0.346. The van der Waals surface area contributed by atoms with E-state index in [1.54, 1.807) is 12.4 Å². The molecule has 1 amide bonds. The second-order valence-electron chi connectivity index (χ2n) is 8.40. The van der Waals surface area contributed by atoms with E-state index < -0.39 is 5.92 Å². The lowest BCUT2D eigenvalue weighted by molar-refractivity contribution is -0.151. The number of amides is 1. The van der Waals surface area contributed by atoms with Crippen LogP contribution in [0.15, 0.2) is 60.9 Å². The van der Waals surface area contributed by atoms with Gasteiger partial charge in [0.1, 0.15) is 6.61 Å². The first-order valence-corrected chi connectivity index (χ1v) is 11.2. The summed E-state index contributed by atoms with van der Waals surface area (Å²) in [6.07, 6.45) is 8.79. The number of benzene rings is 2.